The van der Waals surface area contributed by atoms with Crippen molar-refractivity contribution in [3.8, 4) is 0 Å². The molecule has 1 aromatic rings. The molecule has 1 aliphatic heterocycles. The van der Waals surface area contributed by atoms with Gasteiger partial charge < -0.3 is 20.6 Å². The van der Waals surface area contributed by atoms with E-state index in [2.05, 4.69) is 10.6 Å². The van der Waals surface area contributed by atoms with E-state index in [4.69, 9.17) is 5.11 Å². The molecule has 0 saturated carbocycles. The fourth-order valence-corrected chi connectivity index (χ4v) is 2.53. The summed E-state index contributed by atoms with van der Waals surface area (Å²) < 4.78 is 13.6. The summed E-state index contributed by atoms with van der Waals surface area (Å²) in [5.41, 5.74) is 0.0774. The van der Waals surface area contributed by atoms with E-state index >= 15 is 0 Å². The van der Waals surface area contributed by atoms with E-state index in [1.807, 2.05) is 0 Å². The molecule has 7 nitrogen and oxygen atoms in total. The number of piperidine rings is 1. The highest BCUT2D eigenvalue weighted by Crippen LogP contribution is 2.19. The maximum absolute atomic E-state index is 13.6. The third-order valence-electron chi connectivity index (χ3n) is 3.92. The summed E-state index contributed by atoms with van der Waals surface area (Å²) in [6.07, 6.45) is 1.19. The van der Waals surface area contributed by atoms with Gasteiger partial charge in [-0.05, 0) is 31.9 Å². The number of urea groups is 1. The molecule has 0 radical (unpaired) electrons. The first-order chi connectivity index (χ1) is 11.4. The zero-order valence-electron chi connectivity index (χ0n) is 13.3. The predicted octanol–water partition coefficient (Wildman–Crippen LogP) is 1.66. The van der Waals surface area contributed by atoms with Gasteiger partial charge in [0.2, 0.25) is 5.91 Å². The highest BCUT2D eigenvalue weighted by atomic mass is 19.1. The smallest absolute Gasteiger partial charge is 0.325 e. The number of benzene rings is 1. The van der Waals surface area contributed by atoms with Crippen LogP contribution in [0.15, 0.2) is 24.3 Å². The van der Waals surface area contributed by atoms with Crippen molar-refractivity contribution in [1.29, 1.82) is 0 Å². The number of rotatable bonds is 4. The van der Waals surface area contributed by atoms with Gasteiger partial charge in [-0.2, -0.15) is 0 Å². The number of amides is 3. The van der Waals surface area contributed by atoms with Crippen LogP contribution in [0.4, 0.5) is 14.9 Å². The molecular formula is C16H20FN3O4. The first-order valence-corrected chi connectivity index (χ1v) is 7.72. The summed E-state index contributed by atoms with van der Waals surface area (Å²) in [5, 5.41) is 13.7. The molecule has 3 N–H and O–H groups in total. The van der Waals surface area contributed by atoms with Crippen LogP contribution in [0.25, 0.3) is 0 Å². The number of carboxylic acids is 1. The lowest BCUT2D eigenvalue weighted by atomic mass is 9.97. The van der Waals surface area contributed by atoms with Crippen LogP contribution in [0.2, 0.25) is 0 Å². The minimum Gasteiger partial charge on any atom is -0.480 e. The fraction of sp³-hybridized carbons (Fsp3) is 0.438. The van der Waals surface area contributed by atoms with E-state index in [0.29, 0.717) is 19.4 Å². The number of aliphatic carboxylic acids is 1. The molecule has 1 fully saturated rings. The molecule has 24 heavy (non-hydrogen) atoms. The van der Waals surface area contributed by atoms with Crippen molar-refractivity contribution in [3.05, 3.63) is 30.1 Å². The van der Waals surface area contributed by atoms with Crippen LogP contribution < -0.4 is 10.6 Å². The zero-order valence-corrected chi connectivity index (χ0v) is 13.3. The van der Waals surface area contributed by atoms with Crippen molar-refractivity contribution < 1.29 is 23.9 Å². The number of hydrogen-bond acceptors (Lipinski definition) is 3. The van der Waals surface area contributed by atoms with Gasteiger partial charge in [0, 0.05) is 13.1 Å². The molecular weight excluding hydrogens is 317 g/mol. The third kappa shape index (κ3) is 4.43. The van der Waals surface area contributed by atoms with E-state index in [1.165, 1.54) is 30.0 Å². The summed E-state index contributed by atoms with van der Waals surface area (Å²) in [6, 6.07) is 4.36. The largest absolute Gasteiger partial charge is 0.480 e. The van der Waals surface area contributed by atoms with Crippen molar-refractivity contribution in [1.82, 2.24) is 10.2 Å². The second kappa shape index (κ2) is 7.76. The molecule has 3 amide bonds. The normalized spacial score (nSPS) is 18.6. The van der Waals surface area contributed by atoms with Gasteiger partial charge in [0.1, 0.15) is 11.9 Å². The third-order valence-corrected chi connectivity index (χ3v) is 3.92. The molecule has 0 aliphatic carbocycles. The topological polar surface area (TPSA) is 98.7 Å². The highest BCUT2D eigenvalue weighted by molar-refractivity contribution is 5.90. The van der Waals surface area contributed by atoms with Crippen LogP contribution in [0.5, 0.6) is 0 Å². The van der Waals surface area contributed by atoms with Crippen molar-refractivity contribution in [2.24, 2.45) is 5.92 Å². The second-order valence-electron chi connectivity index (χ2n) is 5.76. The number of carbonyl (C=O) groups is 3. The van der Waals surface area contributed by atoms with Crippen LogP contribution in [-0.2, 0) is 9.59 Å². The summed E-state index contributed by atoms with van der Waals surface area (Å²) in [7, 11) is 0. The van der Waals surface area contributed by atoms with Gasteiger partial charge in [-0.25, -0.2) is 9.18 Å². The molecule has 8 heteroatoms. The number of anilines is 1. The lowest BCUT2D eigenvalue weighted by Gasteiger charge is -2.32. The van der Waals surface area contributed by atoms with Gasteiger partial charge in [-0.15, -0.1) is 0 Å². The van der Waals surface area contributed by atoms with Gasteiger partial charge in [0.05, 0.1) is 11.6 Å². The second-order valence-corrected chi connectivity index (χ2v) is 5.76. The average molecular weight is 337 g/mol. The van der Waals surface area contributed by atoms with E-state index in [-0.39, 0.29) is 12.2 Å². The van der Waals surface area contributed by atoms with Crippen molar-refractivity contribution in [3.63, 3.8) is 0 Å². The SMILES string of the molecule is CC(NC(=O)C1CCCN(C(=O)Nc2ccccc2F)C1)C(=O)O. The van der Waals surface area contributed by atoms with E-state index in [9.17, 15) is 18.8 Å². The number of hydrogen-bond donors (Lipinski definition) is 3. The first-order valence-electron chi connectivity index (χ1n) is 7.72. The summed E-state index contributed by atoms with van der Waals surface area (Å²) in [4.78, 5) is 36.6. The van der Waals surface area contributed by atoms with Crippen LogP contribution >= 0.6 is 0 Å². The first kappa shape index (κ1) is 17.7. The quantitative estimate of drug-likeness (QED) is 0.778. The van der Waals surface area contributed by atoms with Crippen LogP contribution in [0, 0.1) is 11.7 Å². The molecule has 2 unspecified atom stereocenters. The van der Waals surface area contributed by atoms with E-state index in [0.717, 1.165) is 0 Å². The number of nitrogens with zero attached hydrogens (tertiary/aromatic N) is 1. The molecule has 1 heterocycles. The number of likely N-dealkylation sites (tertiary alicyclic amines) is 1. The maximum atomic E-state index is 13.6. The molecule has 2 atom stereocenters. The van der Waals surface area contributed by atoms with Gasteiger partial charge in [-0.1, -0.05) is 12.1 Å². The average Bonchev–Trinajstić information content (AvgIpc) is 2.56. The Hall–Kier alpha value is -2.64. The Labute approximate surface area is 138 Å². The van der Waals surface area contributed by atoms with Crippen molar-refractivity contribution in [2.45, 2.75) is 25.8 Å². The number of nitrogens with one attached hydrogen (secondary N) is 2. The predicted molar refractivity (Wildman–Crippen MR) is 85.0 cm³/mol. The number of carbonyl (C=O) groups excluding carboxylic acids is 2. The molecule has 1 aliphatic rings. The number of carboxylic acid groups (broad SMARTS) is 1. The molecule has 0 aromatic heterocycles. The lowest BCUT2D eigenvalue weighted by Crippen LogP contribution is -2.49. The molecule has 1 saturated heterocycles. The molecule has 0 bridgehead atoms. The monoisotopic (exact) mass is 337 g/mol. The lowest BCUT2D eigenvalue weighted by molar-refractivity contribution is -0.142. The van der Waals surface area contributed by atoms with Crippen molar-refractivity contribution >= 4 is 23.6 Å². The Bertz CT molecular complexity index is 638. The number of halogens is 1. The van der Waals surface area contributed by atoms with Gasteiger partial charge in [-0.3, -0.25) is 9.59 Å². The Morgan fingerprint density at radius 1 is 1.33 bits per heavy atom. The van der Waals surface area contributed by atoms with Crippen molar-refractivity contribution in [2.75, 3.05) is 18.4 Å². The molecule has 0 spiro atoms. The van der Waals surface area contributed by atoms with Gasteiger partial charge >= 0.3 is 12.0 Å². The van der Waals surface area contributed by atoms with E-state index in [1.54, 1.807) is 6.07 Å². The van der Waals surface area contributed by atoms with Crippen LogP contribution in [0.3, 0.4) is 0 Å². The standard InChI is InChI=1S/C16H20FN3O4/c1-10(15(22)23)18-14(21)11-5-4-8-20(9-11)16(24)19-13-7-3-2-6-12(13)17/h2-3,6-7,10-11H,4-5,8-9H2,1H3,(H,18,21)(H,19,24)(H,22,23). The Morgan fingerprint density at radius 2 is 2.04 bits per heavy atom. The summed E-state index contributed by atoms with van der Waals surface area (Å²) in [5.74, 6) is -2.53. The summed E-state index contributed by atoms with van der Waals surface area (Å²) >= 11 is 0. The fourth-order valence-electron chi connectivity index (χ4n) is 2.53. The Morgan fingerprint density at radius 3 is 2.71 bits per heavy atom. The molecule has 1 aromatic carbocycles. The van der Waals surface area contributed by atoms with Gasteiger partial charge in [0.25, 0.3) is 0 Å². The minimum atomic E-state index is -1.12. The number of para-hydroxylation sites is 1. The Balaban J connectivity index is 1.95. The summed E-state index contributed by atoms with van der Waals surface area (Å²) in [6.45, 7) is 2.00. The molecule has 2 rings (SSSR count). The Kier molecular flexibility index (Phi) is 5.73. The molecule has 130 valence electrons. The van der Waals surface area contributed by atoms with Crippen LogP contribution in [0.1, 0.15) is 19.8 Å². The zero-order chi connectivity index (χ0) is 17.7. The van der Waals surface area contributed by atoms with Crippen LogP contribution in [-0.4, -0.2) is 47.0 Å². The van der Waals surface area contributed by atoms with E-state index < -0.39 is 35.7 Å². The van der Waals surface area contributed by atoms with Gasteiger partial charge in [0.15, 0.2) is 0 Å². The maximum Gasteiger partial charge on any atom is 0.325 e. The minimum absolute atomic E-state index is 0.0774. The highest BCUT2D eigenvalue weighted by Gasteiger charge is 2.30.